The Morgan fingerprint density at radius 3 is 2.40 bits per heavy atom. The van der Waals surface area contributed by atoms with Crippen LogP contribution in [0.5, 0.6) is 0 Å². The van der Waals surface area contributed by atoms with Crippen molar-refractivity contribution < 1.29 is 9.13 Å². The normalized spacial score (nSPS) is 22.7. The average molecular weight is 271 g/mol. The molecule has 0 aliphatic carbocycles. The first-order valence-electron chi connectivity index (χ1n) is 6.91. The summed E-state index contributed by atoms with van der Waals surface area (Å²) >= 11 is 0. The second-order valence-electron chi connectivity index (χ2n) is 5.19. The summed E-state index contributed by atoms with van der Waals surface area (Å²) in [5.74, 6) is -0.173. The number of benzene rings is 2. The number of halogens is 1. The van der Waals surface area contributed by atoms with Gasteiger partial charge in [-0.05, 0) is 29.7 Å². The number of ether oxygens (including phenoxy) is 1. The van der Waals surface area contributed by atoms with E-state index in [1.54, 1.807) is 19.1 Å². The molecule has 20 heavy (non-hydrogen) atoms. The van der Waals surface area contributed by atoms with E-state index >= 15 is 0 Å². The predicted molar refractivity (Wildman–Crippen MR) is 77.0 cm³/mol. The van der Waals surface area contributed by atoms with Crippen LogP contribution >= 0.6 is 0 Å². The van der Waals surface area contributed by atoms with Crippen molar-refractivity contribution in [2.75, 3.05) is 13.1 Å². The molecule has 2 atom stereocenters. The van der Waals surface area contributed by atoms with E-state index in [1.165, 1.54) is 0 Å². The molecule has 3 heteroatoms. The zero-order valence-electron chi connectivity index (χ0n) is 11.5. The largest absolute Gasteiger partial charge is 0.363 e. The monoisotopic (exact) mass is 271 g/mol. The van der Waals surface area contributed by atoms with Gasteiger partial charge in [0.25, 0.3) is 0 Å². The van der Waals surface area contributed by atoms with Gasteiger partial charge >= 0.3 is 0 Å². The van der Waals surface area contributed by atoms with Crippen molar-refractivity contribution in [1.29, 1.82) is 0 Å². The van der Waals surface area contributed by atoms with Crippen molar-refractivity contribution in [3.8, 4) is 0 Å². The van der Waals surface area contributed by atoms with Gasteiger partial charge in [-0.15, -0.1) is 0 Å². The molecule has 2 nitrogen and oxygen atoms in total. The van der Waals surface area contributed by atoms with Gasteiger partial charge in [0.15, 0.2) is 0 Å². The molecule has 0 saturated carbocycles. The third-order valence-electron chi connectivity index (χ3n) is 3.73. The third kappa shape index (κ3) is 2.74. The minimum Gasteiger partial charge on any atom is -0.363 e. The molecular weight excluding hydrogens is 253 g/mol. The molecule has 1 N–H and O–H groups in total. The molecule has 1 heterocycles. The van der Waals surface area contributed by atoms with Crippen molar-refractivity contribution in [3.05, 3.63) is 71.0 Å². The van der Waals surface area contributed by atoms with Crippen molar-refractivity contribution in [3.63, 3.8) is 0 Å². The minimum absolute atomic E-state index is 0.0133. The minimum atomic E-state index is -0.173. The quantitative estimate of drug-likeness (QED) is 0.902. The van der Waals surface area contributed by atoms with Crippen LogP contribution in [-0.2, 0) is 4.74 Å². The fraction of sp³-hybridized carbons (Fsp3) is 0.294. The van der Waals surface area contributed by atoms with Crippen LogP contribution < -0.4 is 5.32 Å². The van der Waals surface area contributed by atoms with Crippen molar-refractivity contribution in [2.24, 2.45) is 0 Å². The van der Waals surface area contributed by atoms with E-state index in [2.05, 4.69) is 17.4 Å². The summed E-state index contributed by atoms with van der Waals surface area (Å²) in [6.07, 6.45) is -0.0941. The molecular formula is C17H18FNO. The second-order valence-corrected chi connectivity index (χ2v) is 5.19. The number of nitrogens with one attached hydrogen (secondary N) is 1. The molecule has 3 rings (SSSR count). The molecule has 2 unspecified atom stereocenters. The van der Waals surface area contributed by atoms with E-state index in [1.807, 2.05) is 24.3 Å². The third-order valence-corrected chi connectivity index (χ3v) is 3.73. The highest BCUT2D eigenvalue weighted by atomic mass is 19.1. The zero-order chi connectivity index (χ0) is 13.9. The number of morpholine rings is 1. The summed E-state index contributed by atoms with van der Waals surface area (Å²) in [6, 6.07) is 15.5. The first-order valence-corrected chi connectivity index (χ1v) is 6.91. The number of aryl methyl sites for hydroxylation is 1. The standard InChI is InChI=1S/C17H18FNO/c1-12-7-8-14(9-15(12)18)17-11-19-10-16(20-17)13-5-3-2-4-6-13/h2-9,16-17,19H,10-11H2,1H3. The lowest BCUT2D eigenvalue weighted by Gasteiger charge is -2.31. The van der Waals surface area contributed by atoms with Crippen molar-refractivity contribution in [2.45, 2.75) is 19.1 Å². The van der Waals surface area contributed by atoms with E-state index < -0.39 is 0 Å². The van der Waals surface area contributed by atoms with Gasteiger partial charge in [0, 0.05) is 13.1 Å². The van der Waals surface area contributed by atoms with E-state index in [0.29, 0.717) is 12.1 Å². The highest BCUT2D eigenvalue weighted by molar-refractivity contribution is 5.26. The zero-order valence-corrected chi connectivity index (χ0v) is 11.5. The maximum atomic E-state index is 13.7. The Balaban J connectivity index is 1.79. The maximum Gasteiger partial charge on any atom is 0.126 e. The molecule has 2 aromatic rings. The molecule has 0 aromatic heterocycles. The smallest absolute Gasteiger partial charge is 0.126 e. The van der Waals surface area contributed by atoms with E-state index in [4.69, 9.17) is 4.74 Å². The predicted octanol–water partition coefficient (Wildman–Crippen LogP) is 3.54. The fourth-order valence-electron chi connectivity index (χ4n) is 2.51. The van der Waals surface area contributed by atoms with Gasteiger partial charge in [0.1, 0.15) is 5.82 Å². The van der Waals surface area contributed by atoms with Gasteiger partial charge in [-0.2, -0.15) is 0 Å². The summed E-state index contributed by atoms with van der Waals surface area (Å²) in [6.45, 7) is 3.27. The van der Waals surface area contributed by atoms with Crippen LogP contribution in [0.15, 0.2) is 48.5 Å². The lowest BCUT2D eigenvalue weighted by Crippen LogP contribution is -2.36. The molecule has 0 bridgehead atoms. The number of hydrogen-bond acceptors (Lipinski definition) is 2. The van der Waals surface area contributed by atoms with Crippen LogP contribution in [0.3, 0.4) is 0 Å². The first kappa shape index (κ1) is 13.3. The summed E-state index contributed by atoms with van der Waals surface area (Å²) in [5.41, 5.74) is 2.70. The molecule has 2 aromatic carbocycles. The van der Waals surface area contributed by atoms with Gasteiger partial charge in [-0.25, -0.2) is 4.39 Å². The van der Waals surface area contributed by atoms with Gasteiger partial charge < -0.3 is 10.1 Å². The average Bonchev–Trinajstić information content (AvgIpc) is 2.51. The summed E-state index contributed by atoms with van der Waals surface area (Å²) in [7, 11) is 0. The number of hydrogen-bond donors (Lipinski definition) is 1. The van der Waals surface area contributed by atoms with Gasteiger partial charge in [0.2, 0.25) is 0 Å². The van der Waals surface area contributed by atoms with Crippen LogP contribution in [0.1, 0.15) is 28.9 Å². The molecule has 1 saturated heterocycles. The second kappa shape index (κ2) is 5.73. The molecule has 1 fully saturated rings. The molecule has 0 radical (unpaired) electrons. The Morgan fingerprint density at radius 2 is 1.70 bits per heavy atom. The Kier molecular flexibility index (Phi) is 3.81. The Bertz CT molecular complexity index is 585. The molecule has 1 aliphatic heterocycles. The molecule has 0 amide bonds. The molecule has 104 valence electrons. The highest BCUT2D eigenvalue weighted by Crippen LogP contribution is 2.29. The van der Waals surface area contributed by atoms with E-state index in [-0.39, 0.29) is 18.0 Å². The lowest BCUT2D eigenvalue weighted by molar-refractivity contribution is -0.0407. The Morgan fingerprint density at radius 1 is 1.00 bits per heavy atom. The first-order chi connectivity index (χ1) is 9.74. The summed E-state index contributed by atoms with van der Waals surface area (Å²) in [5, 5.41) is 3.37. The van der Waals surface area contributed by atoms with E-state index in [9.17, 15) is 4.39 Å². The SMILES string of the molecule is Cc1ccc(C2CNCC(c3ccccc3)O2)cc1F. The van der Waals surface area contributed by atoms with Gasteiger partial charge in [0.05, 0.1) is 12.2 Å². The van der Waals surface area contributed by atoms with Crippen LogP contribution in [0, 0.1) is 12.7 Å². The van der Waals surface area contributed by atoms with Gasteiger partial charge in [-0.3, -0.25) is 0 Å². The highest BCUT2D eigenvalue weighted by Gasteiger charge is 2.24. The lowest BCUT2D eigenvalue weighted by atomic mass is 10.0. The Labute approximate surface area is 118 Å². The van der Waals surface area contributed by atoms with Crippen LogP contribution in [0.2, 0.25) is 0 Å². The van der Waals surface area contributed by atoms with Crippen LogP contribution in [0.4, 0.5) is 4.39 Å². The van der Waals surface area contributed by atoms with Gasteiger partial charge in [-0.1, -0.05) is 42.5 Å². The topological polar surface area (TPSA) is 21.3 Å². The fourth-order valence-corrected chi connectivity index (χ4v) is 2.51. The number of rotatable bonds is 2. The molecule has 0 spiro atoms. The van der Waals surface area contributed by atoms with Crippen molar-refractivity contribution in [1.82, 2.24) is 5.32 Å². The summed E-state index contributed by atoms with van der Waals surface area (Å²) < 4.78 is 19.8. The van der Waals surface area contributed by atoms with E-state index in [0.717, 1.165) is 17.7 Å². The molecule has 1 aliphatic rings. The Hall–Kier alpha value is -1.71. The van der Waals surface area contributed by atoms with Crippen molar-refractivity contribution >= 4 is 0 Å². The van der Waals surface area contributed by atoms with Crippen LogP contribution in [-0.4, -0.2) is 13.1 Å². The summed E-state index contributed by atoms with van der Waals surface area (Å²) in [4.78, 5) is 0. The van der Waals surface area contributed by atoms with Crippen LogP contribution in [0.25, 0.3) is 0 Å². The maximum absolute atomic E-state index is 13.7.